The fraction of sp³-hybridized carbons (Fsp3) is 0.720. The van der Waals surface area contributed by atoms with Crippen molar-refractivity contribution in [1.29, 1.82) is 0 Å². The Labute approximate surface area is 183 Å². The van der Waals surface area contributed by atoms with E-state index < -0.39 is 9.84 Å². The zero-order valence-corrected chi connectivity index (χ0v) is 20.0. The van der Waals surface area contributed by atoms with Gasteiger partial charge in [0.05, 0.1) is 17.4 Å². The molecule has 1 heterocycles. The Hall–Kier alpha value is -1.36. The Balaban J connectivity index is 1.51. The monoisotopic (exact) mass is 433 g/mol. The SMILES string of the molecule is CC1CCCC(c2ccc(CC(=O)N3CCC(CS(=O)(=O)C(C)C)CC3)cc2)C1C. The summed E-state index contributed by atoms with van der Waals surface area (Å²) in [5, 5.41) is -0.319. The molecule has 168 valence electrons. The number of benzene rings is 1. The van der Waals surface area contributed by atoms with Gasteiger partial charge in [-0.2, -0.15) is 0 Å². The largest absolute Gasteiger partial charge is 0.342 e. The zero-order chi connectivity index (χ0) is 21.9. The summed E-state index contributed by atoms with van der Waals surface area (Å²) in [6, 6.07) is 8.71. The van der Waals surface area contributed by atoms with Crippen LogP contribution in [0, 0.1) is 17.8 Å². The van der Waals surface area contributed by atoms with E-state index in [1.54, 1.807) is 13.8 Å². The van der Waals surface area contributed by atoms with Crippen molar-refractivity contribution >= 4 is 15.7 Å². The Bertz CT molecular complexity index is 807. The molecule has 3 atom stereocenters. The van der Waals surface area contributed by atoms with Gasteiger partial charge in [-0.25, -0.2) is 8.42 Å². The lowest BCUT2D eigenvalue weighted by Gasteiger charge is -2.34. The van der Waals surface area contributed by atoms with Gasteiger partial charge in [0.1, 0.15) is 0 Å². The van der Waals surface area contributed by atoms with Crippen LogP contribution in [0.3, 0.4) is 0 Å². The fourth-order valence-electron chi connectivity index (χ4n) is 5.09. The first-order chi connectivity index (χ1) is 14.2. The second kappa shape index (κ2) is 9.84. The number of carbonyl (C=O) groups excluding carboxylic acids is 1. The van der Waals surface area contributed by atoms with Gasteiger partial charge in [0, 0.05) is 13.1 Å². The minimum absolute atomic E-state index is 0.160. The zero-order valence-electron chi connectivity index (χ0n) is 19.1. The first kappa shape index (κ1) is 23.3. The normalized spacial score (nSPS) is 26.2. The van der Waals surface area contributed by atoms with E-state index in [0.29, 0.717) is 31.3 Å². The molecule has 0 aromatic heterocycles. The number of piperidine rings is 1. The third kappa shape index (κ3) is 5.66. The van der Waals surface area contributed by atoms with Crippen LogP contribution in [0.1, 0.15) is 76.8 Å². The number of carbonyl (C=O) groups is 1. The standard InChI is InChI=1S/C25H39NO3S/c1-18(2)30(28,29)17-22-12-14-26(15-13-22)25(27)16-21-8-10-23(11-9-21)24-7-5-6-19(3)20(24)4/h8-11,18-20,22,24H,5-7,12-17H2,1-4H3. The van der Waals surface area contributed by atoms with Crippen LogP contribution in [-0.2, 0) is 21.1 Å². The minimum atomic E-state index is -3.01. The number of amides is 1. The molecule has 3 rings (SSSR count). The van der Waals surface area contributed by atoms with Gasteiger partial charge in [0.25, 0.3) is 0 Å². The molecule has 0 N–H and O–H groups in total. The summed E-state index contributed by atoms with van der Waals surface area (Å²) in [5.74, 6) is 2.73. The molecule has 0 radical (unpaired) electrons. The number of likely N-dealkylation sites (tertiary alicyclic amines) is 1. The Morgan fingerprint density at radius 3 is 2.27 bits per heavy atom. The average molecular weight is 434 g/mol. The van der Waals surface area contributed by atoms with E-state index in [-0.39, 0.29) is 22.8 Å². The van der Waals surface area contributed by atoms with E-state index in [4.69, 9.17) is 0 Å². The van der Waals surface area contributed by atoms with Gasteiger partial charge in [-0.1, -0.05) is 51.0 Å². The van der Waals surface area contributed by atoms with Crippen molar-refractivity contribution in [1.82, 2.24) is 4.90 Å². The molecular weight excluding hydrogens is 394 g/mol. The summed E-state index contributed by atoms with van der Waals surface area (Å²) < 4.78 is 24.3. The molecule has 1 aliphatic heterocycles. The topological polar surface area (TPSA) is 54.5 Å². The minimum Gasteiger partial charge on any atom is -0.342 e. The highest BCUT2D eigenvalue weighted by Crippen LogP contribution is 2.40. The van der Waals surface area contributed by atoms with E-state index in [1.807, 2.05) is 4.90 Å². The van der Waals surface area contributed by atoms with Crippen molar-refractivity contribution in [3.05, 3.63) is 35.4 Å². The van der Waals surface area contributed by atoms with Crippen LogP contribution in [0.2, 0.25) is 0 Å². The van der Waals surface area contributed by atoms with Gasteiger partial charge in [0.2, 0.25) is 5.91 Å². The molecule has 30 heavy (non-hydrogen) atoms. The number of sulfone groups is 1. The van der Waals surface area contributed by atoms with E-state index >= 15 is 0 Å². The fourth-order valence-corrected chi connectivity index (χ4v) is 6.47. The van der Waals surface area contributed by atoms with Crippen LogP contribution >= 0.6 is 0 Å². The van der Waals surface area contributed by atoms with Gasteiger partial charge >= 0.3 is 0 Å². The smallest absolute Gasteiger partial charge is 0.226 e. The van der Waals surface area contributed by atoms with E-state index in [2.05, 4.69) is 38.1 Å². The third-order valence-corrected chi connectivity index (χ3v) is 10.00. The highest BCUT2D eigenvalue weighted by Gasteiger charge is 2.29. The van der Waals surface area contributed by atoms with Crippen molar-refractivity contribution in [2.75, 3.05) is 18.8 Å². The Morgan fingerprint density at radius 2 is 1.67 bits per heavy atom. The number of nitrogens with zero attached hydrogens (tertiary/aromatic N) is 1. The maximum absolute atomic E-state index is 12.8. The Kier molecular flexibility index (Phi) is 7.65. The second-order valence-corrected chi connectivity index (χ2v) is 12.6. The van der Waals surface area contributed by atoms with Gasteiger partial charge in [-0.3, -0.25) is 4.79 Å². The van der Waals surface area contributed by atoms with Crippen LogP contribution in [0.15, 0.2) is 24.3 Å². The molecule has 2 fully saturated rings. The van der Waals surface area contributed by atoms with Gasteiger partial charge in [-0.05, 0) is 67.9 Å². The molecule has 3 unspecified atom stereocenters. The first-order valence-electron chi connectivity index (χ1n) is 11.8. The maximum atomic E-state index is 12.8. The van der Waals surface area contributed by atoms with Crippen LogP contribution in [0.25, 0.3) is 0 Å². The van der Waals surface area contributed by atoms with Crippen LogP contribution in [0.5, 0.6) is 0 Å². The lowest BCUT2D eigenvalue weighted by molar-refractivity contribution is -0.131. The summed E-state index contributed by atoms with van der Waals surface area (Å²) in [7, 11) is -3.01. The summed E-state index contributed by atoms with van der Waals surface area (Å²) in [6.07, 6.45) is 5.93. The van der Waals surface area contributed by atoms with Crippen molar-refractivity contribution in [3.63, 3.8) is 0 Å². The predicted octanol–water partition coefficient (Wildman–Crippen LogP) is 4.83. The summed E-state index contributed by atoms with van der Waals surface area (Å²) in [6.45, 7) is 9.58. The highest BCUT2D eigenvalue weighted by molar-refractivity contribution is 7.91. The number of hydrogen-bond donors (Lipinski definition) is 0. The van der Waals surface area contributed by atoms with Crippen molar-refractivity contribution in [2.24, 2.45) is 17.8 Å². The molecule has 1 aliphatic carbocycles. The third-order valence-electron chi connectivity index (χ3n) is 7.62. The summed E-state index contributed by atoms with van der Waals surface area (Å²) >= 11 is 0. The summed E-state index contributed by atoms with van der Waals surface area (Å²) in [5.41, 5.74) is 2.49. The van der Waals surface area contributed by atoms with Gasteiger partial charge in [0.15, 0.2) is 9.84 Å². The van der Waals surface area contributed by atoms with E-state index in [9.17, 15) is 13.2 Å². The molecule has 0 spiro atoms. The molecule has 2 aliphatic rings. The van der Waals surface area contributed by atoms with Crippen LogP contribution in [-0.4, -0.2) is 43.3 Å². The number of rotatable bonds is 6. The van der Waals surface area contributed by atoms with E-state index in [0.717, 1.165) is 24.3 Å². The quantitative estimate of drug-likeness (QED) is 0.646. The highest BCUT2D eigenvalue weighted by atomic mass is 32.2. The van der Waals surface area contributed by atoms with Crippen molar-refractivity contribution in [2.45, 2.75) is 77.4 Å². The molecule has 4 nitrogen and oxygen atoms in total. The summed E-state index contributed by atoms with van der Waals surface area (Å²) in [4.78, 5) is 14.7. The predicted molar refractivity (Wildman–Crippen MR) is 123 cm³/mol. The second-order valence-electron chi connectivity index (χ2n) is 9.99. The molecule has 1 aromatic rings. The molecule has 1 saturated carbocycles. The molecule has 1 aromatic carbocycles. The van der Waals surface area contributed by atoms with Gasteiger partial charge in [-0.15, -0.1) is 0 Å². The molecule has 0 bridgehead atoms. The Morgan fingerprint density at radius 1 is 1.03 bits per heavy atom. The lowest BCUT2D eigenvalue weighted by atomic mass is 9.71. The molecule has 1 amide bonds. The molecule has 1 saturated heterocycles. The van der Waals surface area contributed by atoms with Crippen molar-refractivity contribution < 1.29 is 13.2 Å². The maximum Gasteiger partial charge on any atom is 0.226 e. The average Bonchev–Trinajstić information content (AvgIpc) is 2.71. The van der Waals surface area contributed by atoms with E-state index in [1.165, 1.54) is 24.8 Å². The van der Waals surface area contributed by atoms with Gasteiger partial charge < -0.3 is 4.90 Å². The molecular formula is C25H39NO3S. The lowest BCUT2D eigenvalue weighted by Crippen LogP contribution is -2.41. The molecule has 5 heteroatoms. The van der Waals surface area contributed by atoms with Crippen molar-refractivity contribution in [3.8, 4) is 0 Å². The van der Waals surface area contributed by atoms with Crippen LogP contribution < -0.4 is 0 Å². The first-order valence-corrected chi connectivity index (χ1v) is 13.5. The number of hydrogen-bond acceptors (Lipinski definition) is 3. The van der Waals surface area contributed by atoms with Crippen LogP contribution in [0.4, 0.5) is 0 Å².